The molecule has 37 heavy (non-hydrogen) atoms. The van der Waals surface area contributed by atoms with Gasteiger partial charge in [-0.1, -0.05) is 41.5 Å². The molecule has 0 saturated carbocycles. The number of hydrogen-bond donors (Lipinski definition) is 2. The summed E-state index contributed by atoms with van der Waals surface area (Å²) in [5, 5.41) is 11.3. The van der Waals surface area contributed by atoms with Gasteiger partial charge in [0.15, 0.2) is 0 Å². The Morgan fingerprint density at radius 2 is 1.59 bits per heavy atom. The van der Waals surface area contributed by atoms with Crippen molar-refractivity contribution < 1.29 is 23.1 Å². The number of nitrogens with zero attached hydrogens (tertiary/aromatic N) is 1. The monoisotopic (exact) mass is 550 g/mol. The van der Waals surface area contributed by atoms with Gasteiger partial charge in [0.05, 0.1) is 6.61 Å². The summed E-state index contributed by atoms with van der Waals surface area (Å²) in [4.78, 5) is 16.5. The summed E-state index contributed by atoms with van der Waals surface area (Å²) >= 11 is 1.76. The molecule has 1 aliphatic heterocycles. The lowest BCUT2D eigenvalue weighted by atomic mass is 9.79. The van der Waals surface area contributed by atoms with Gasteiger partial charge < -0.3 is 14.8 Å². The number of rotatable bonds is 6. The number of thioether (sulfide) groups is 1. The molecule has 1 saturated heterocycles. The van der Waals surface area contributed by atoms with Crippen LogP contribution in [0.2, 0.25) is 0 Å². The smallest absolute Gasteiger partial charge is 0.355 e. The third-order valence-electron chi connectivity index (χ3n) is 6.85. The number of sulfonamides is 1. The molecule has 1 aromatic heterocycles. The summed E-state index contributed by atoms with van der Waals surface area (Å²) < 4.78 is 33.7. The lowest BCUT2D eigenvalue weighted by Gasteiger charge is -2.32. The fraction of sp³-hybridized carbons (Fsp3) is 0.607. The number of H-pyrrole nitrogens is 1. The Bertz CT molecular complexity index is 1220. The molecule has 7 nitrogen and oxygen atoms in total. The maximum Gasteiger partial charge on any atom is 0.355 e. The highest BCUT2D eigenvalue weighted by molar-refractivity contribution is 8.00. The molecule has 1 aliphatic rings. The minimum Gasteiger partial charge on any atom is -0.507 e. The fourth-order valence-electron chi connectivity index (χ4n) is 4.86. The topological polar surface area (TPSA) is 99.7 Å². The van der Waals surface area contributed by atoms with Crippen LogP contribution in [0.3, 0.4) is 0 Å². The van der Waals surface area contributed by atoms with Crippen LogP contribution in [0, 0.1) is 13.8 Å². The molecule has 2 heterocycles. The van der Waals surface area contributed by atoms with E-state index in [2.05, 4.69) is 58.7 Å². The number of hydrogen-bond acceptors (Lipinski definition) is 6. The van der Waals surface area contributed by atoms with Gasteiger partial charge in [0.25, 0.3) is 0 Å². The zero-order valence-corrected chi connectivity index (χ0v) is 25.2. The zero-order chi connectivity index (χ0) is 27.9. The van der Waals surface area contributed by atoms with Crippen molar-refractivity contribution in [2.75, 3.05) is 19.7 Å². The van der Waals surface area contributed by atoms with Gasteiger partial charge in [-0.25, -0.2) is 13.2 Å². The molecule has 206 valence electrons. The number of phenols is 1. The number of aromatic amines is 1. The predicted octanol–water partition coefficient (Wildman–Crippen LogP) is 6.05. The van der Waals surface area contributed by atoms with Gasteiger partial charge in [-0.2, -0.15) is 4.31 Å². The van der Waals surface area contributed by atoms with Crippen LogP contribution in [0.15, 0.2) is 21.9 Å². The van der Waals surface area contributed by atoms with Crippen LogP contribution in [0.4, 0.5) is 0 Å². The molecule has 2 aromatic rings. The highest BCUT2D eigenvalue weighted by Crippen LogP contribution is 2.43. The number of piperidine rings is 1. The Morgan fingerprint density at radius 3 is 2.05 bits per heavy atom. The van der Waals surface area contributed by atoms with Crippen molar-refractivity contribution in [3.63, 3.8) is 0 Å². The average molecular weight is 551 g/mol. The summed E-state index contributed by atoms with van der Waals surface area (Å²) in [7, 11) is -3.75. The van der Waals surface area contributed by atoms with Gasteiger partial charge >= 0.3 is 5.97 Å². The molecule has 2 N–H and O–H groups in total. The molecule has 0 atom stereocenters. The molecule has 0 radical (unpaired) electrons. The number of nitrogens with one attached hydrogen (secondary N) is 1. The molecule has 0 spiro atoms. The number of ether oxygens (including phenoxy) is 1. The number of carbonyl (C=O) groups is 1. The maximum absolute atomic E-state index is 13.6. The maximum atomic E-state index is 13.6. The molecule has 0 amide bonds. The molecule has 3 rings (SSSR count). The van der Waals surface area contributed by atoms with Crippen LogP contribution in [0.25, 0.3) is 0 Å². The Kier molecular flexibility index (Phi) is 8.52. The van der Waals surface area contributed by atoms with E-state index in [0.29, 0.717) is 42.9 Å². The highest BCUT2D eigenvalue weighted by atomic mass is 32.2. The molecular formula is C28H42N2O5S2. The fourth-order valence-corrected chi connectivity index (χ4v) is 7.94. The summed E-state index contributed by atoms with van der Waals surface area (Å²) in [5.74, 6) is -0.178. The van der Waals surface area contributed by atoms with E-state index in [1.54, 1.807) is 32.5 Å². The normalized spacial score (nSPS) is 16.2. The molecule has 1 aromatic carbocycles. The standard InChI is InChI=1S/C28H42N2O5S2/c1-10-35-26(32)23-17(2)25(18(3)29-23)37(33,34)30-13-11-19(12-14-30)36-20-15-21(27(4,5)6)24(31)22(16-20)28(7,8)9/h15-16,19,29,31H,10-14H2,1-9H3. The minimum absolute atomic E-state index is 0.171. The van der Waals surface area contributed by atoms with Crippen LogP contribution in [-0.2, 0) is 25.6 Å². The van der Waals surface area contributed by atoms with E-state index in [1.165, 1.54) is 4.31 Å². The van der Waals surface area contributed by atoms with Gasteiger partial charge in [-0.3, -0.25) is 0 Å². The number of carbonyl (C=O) groups excluding carboxylic acids is 1. The van der Waals surface area contributed by atoms with E-state index in [1.807, 2.05) is 0 Å². The lowest BCUT2D eigenvalue weighted by molar-refractivity contribution is 0.0519. The van der Waals surface area contributed by atoms with E-state index >= 15 is 0 Å². The number of aromatic hydroxyl groups is 1. The summed E-state index contributed by atoms with van der Waals surface area (Å²) in [6.45, 7) is 18.7. The number of esters is 1. The number of benzene rings is 1. The van der Waals surface area contributed by atoms with Crippen molar-refractivity contribution in [3.05, 3.63) is 40.2 Å². The van der Waals surface area contributed by atoms with Crippen LogP contribution in [-0.4, -0.2) is 53.7 Å². The number of aryl methyl sites for hydroxylation is 1. The van der Waals surface area contributed by atoms with Crippen LogP contribution < -0.4 is 0 Å². The molecular weight excluding hydrogens is 508 g/mol. The first-order valence-electron chi connectivity index (χ1n) is 12.9. The van der Waals surface area contributed by atoms with Crippen LogP contribution in [0.5, 0.6) is 5.75 Å². The molecule has 9 heteroatoms. The Balaban J connectivity index is 1.80. The van der Waals surface area contributed by atoms with Gasteiger partial charge in [-0.15, -0.1) is 11.8 Å². The molecule has 0 bridgehead atoms. The van der Waals surface area contributed by atoms with E-state index in [9.17, 15) is 18.3 Å². The third kappa shape index (κ3) is 6.20. The van der Waals surface area contributed by atoms with E-state index in [0.717, 1.165) is 16.0 Å². The van der Waals surface area contributed by atoms with Crippen molar-refractivity contribution in [3.8, 4) is 5.75 Å². The summed E-state index contributed by atoms with van der Waals surface area (Å²) in [5.41, 5.74) is 2.50. The first kappa shape index (κ1) is 29.6. The van der Waals surface area contributed by atoms with Crippen molar-refractivity contribution in [2.24, 2.45) is 0 Å². The van der Waals surface area contributed by atoms with E-state index in [4.69, 9.17) is 4.74 Å². The predicted molar refractivity (Wildman–Crippen MR) is 149 cm³/mol. The Hall–Kier alpha value is -1.97. The quantitative estimate of drug-likeness (QED) is 0.425. The van der Waals surface area contributed by atoms with Crippen molar-refractivity contribution in [1.29, 1.82) is 0 Å². The SMILES string of the molecule is CCOC(=O)c1[nH]c(C)c(S(=O)(=O)N2CCC(Sc3cc(C(C)(C)C)c(O)c(C(C)(C)C)c3)CC2)c1C. The molecule has 0 unspecified atom stereocenters. The minimum atomic E-state index is -3.75. The van der Waals surface area contributed by atoms with Crippen LogP contribution >= 0.6 is 11.8 Å². The Labute approximate surface area is 226 Å². The van der Waals surface area contributed by atoms with Gasteiger partial charge in [0.1, 0.15) is 16.3 Å². The zero-order valence-electron chi connectivity index (χ0n) is 23.6. The van der Waals surface area contributed by atoms with Crippen LogP contribution in [0.1, 0.15) is 94.2 Å². The third-order valence-corrected chi connectivity index (χ3v) is 10.3. The van der Waals surface area contributed by atoms with Gasteiger partial charge in [0.2, 0.25) is 10.0 Å². The first-order valence-corrected chi connectivity index (χ1v) is 15.2. The van der Waals surface area contributed by atoms with Gasteiger partial charge in [-0.05, 0) is 56.6 Å². The first-order chi connectivity index (χ1) is 17.0. The van der Waals surface area contributed by atoms with E-state index in [-0.39, 0.29) is 33.3 Å². The van der Waals surface area contributed by atoms with E-state index < -0.39 is 16.0 Å². The number of phenolic OH excluding ortho intramolecular Hbond substituents is 1. The van der Waals surface area contributed by atoms with Crippen molar-refractivity contribution >= 4 is 27.8 Å². The summed E-state index contributed by atoms with van der Waals surface area (Å²) in [6, 6.07) is 4.17. The Morgan fingerprint density at radius 1 is 1.08 bits per heavy atom. The molecule has 1 fully saturated rings. The lowest BCUT2D eigenvalue weighted by Crippen LogP contribution is -2.39. The largest absolute Gasteiger partial charge is 0.507 e. The second-order valence-corrected chi connectivity index (χ2v) is 15.1. The second-order valence-electron chi connectivity index (χ2n) is 11.9. The van der Waals surface area contributed by atoms with Crippen molar-refractivity contribution in [2.45, 2.75) is 101 Å². The second kappa shape index (κ2) is 10.7. The molecule has 0 aliphatic carbocycles. The number of aromatic nitrogens is 1. The summed E-state index contributed by atoms with van der Waals surface area (Å²) in [6.07, 6.45) is 1.43. The van der Waals surface area contributed by atoms with Gasteiger partial charge in [0, 0.05) is 45.6 Å². The average Bonchev–Trinajstić information content (AvgIpc) is 3.08. The highest BCUT2D eigenvalue weighted by Gasteiger charge is 2.35. The van der Waals surface area contributed by atoms with Crippen molar-refractivity contribution in [1.82, 2.24) is 9.29 Å².